The molecule has 1 aliphatic heterocycles. The average Bonchev–Trinajstić information content (AvgIpc) is 3.40. The molecule has 0 unspecified atom stereocenters. The number of hydrogen-bond donors (Lipinski definition) is 1. The second kappa shape index (κ2) is 8.77. The van der Waals surface area contributed by atoms with E-state index in [1.165, 1.54) is 10.4 Å². The number of halogens is 1. The number of carbonyl (C=O) groups excluding carboxylic acids is 1. The number of amides is 1. The number of thiophene rings is 1. The summed E-state index contributed by atoms with van der Waals surface area (Å²) in [6, 6.07) is 3.98. The van der Waals surface area contributed by atoms with Gasteiger partial charge in [0.1, 0.15) is 17.0 Å². The molecule has 1 aromatic carbocycles. The number of ether oxygens (including phenoxy) is 1. The van der Waals surface area contributed by atoms with Crippen LogP contribution in [0.15, 0.2) is 23.5 Å². The predicted molar refractivity (Wildman–Crippen MR) is 128 cm³/mol. The lowest BCUT2D eigenvalue weighted by Crippen LogP contribution is -2.37. The second-order valence-electron chi connectivity index (χ2n) is 8.22. The van der Waals surface area contributed by atoms with Gasteiger partial charge in [0.05, 0.1) is 29.2 Å². The molecule has 3 aromatic rings. The molecule has 0 saturated heterocycles. The number of aryl methyl sites for hydroxylation is 1. The molecule has 1 atom stereocenters. The Morgan fingerprint density at radius 2 is 2.25 bits per heavy atom. The van der Waals surface area contributed by atoms with Gasteiger partial charge in [0.15, 0.2) is 0 Å². The van der Waals surface area contributed by atoms with Gasteiger partial charge in [-0.25, -0.2) is 9.97 Å². The lowest BCUT2D eigenvalue weighted by atomic mass is 9.87. The Labute approximate surface area is 195 Å². The van der Waals surface area contributed by atoms with Gasteiger partial charge in [0.2, 0.25) is 5.91 Å². The molecule has 0 bridgehead atoms. The molecule has 2 aromatic heterocycles. The number of carbonyl (C=O) groups is 1. The van der Waals surface area contributed by atoms with Gasteiger partial charge in [0, 0.05) is 37.7 Å². The van der Waals surface area contributed by atoms with Gasteiger partial charge in [0.25, 0.3) is 0 Å². The van der Waals surface area contributed by atoms with Crippen molar-refractivity contribution in [3.8, 4) is 0 Å². The van der Waals surface area contributed by atoms with Gasteiger partial charge in [-0.3, -0.25) is 9.79 Å². The first-order valence-electron chi connectivity index (χ1n) is 10.6. The zero-order valence-corrected chi connectivity index (χ0v) is 19.6. The summed E-state index contributed by atoms with van der Waals surface area (Å²) in [5, 5.41) is 5.12. The van der Waals surface area contributed by atoms with E-state index in [1.54, 1.807) is 29.7 Å². The lowest BCUT2D eigenvalue weighted by Gasteiger charge is -2.26. The minimum Gasteiger partial charge on any atom is -0.383 e. The summed E-state index contributed by atoms with van der Waals surface area (Å²) in [6.07, 6.45) is 5.84. The van der Waals surface area contributed by atoms with Crippen molar-refractivity contribution in [2.75, 3.05) is 32.6 Å². The topological polar surface area (TPSA) is 79.7 Å². The van der Waals surface area contributed by atoms with Crippen molar-refractivity contribution in [3.63, 3.8) is 0 Å². The molecule has 0 spiro atoms. The summed E-state index contributed by atoms with van der Waals surface area (Å²) in [7, 11) is 3.50. The van der Waals surface area contributed by atoms with Crippen molar-refractivity contribution in [3.05, 3.63) is 45.1 Å². The minimum absolute atomic E-state index is 0.00720. The summed E-state index contributed by atoms with van der Waals surface area (Å²) in [5.74, 6) is 0.930. The first kappa shape index (κ1) is 21.3. The first-order valence-corrected chi connectivity index (χ1v) is 11.8. The number of rotatable bonds is 6. The number of benzene rings is 1. The highest BCUT2D eigenvalue weighted by Gasteiger charge is 2.30. The Kier molecular flexibility index (Phi) is 5.84. The van der Waals surface area contributed by atoms with Crippen LogP contribution < -0.4 is 5.32 Å². The van der Waals surface area contributed by atoms with E-state index in [0.29, 0.717) is 24.7 Å². The van der Waals surface area contributed by atoms with Crippen LogP contribution >= 0.6 is 22.9 Å². The van der Waals surface area contributed by atoms with Crippen LogP contribution in [0.1, 0.15) is 28.0 Å². The standard InChI is InChI=1S/C23H24ClN5O2S/c1-29(5-6-31-2)23(30)13-3-4-16-19(9-13)32-22-20(16)21(26-12-27-22)28-18-8-15-11-25-10-14(15)7-17(18)24/h7-8,11-13H,3-6,9-10H2,1-2H3,(H,26,27,28)/t13-/m0/s1. The van der Waals surface area contributed by atoms with Crippen molar-refractivity contribution in [1.82, 2.24) is 14.9 Å². The number of nitrogens with zero attached hydrogens (tertiary/aromatic N) is 4. The van der Waals surface area contributed by atoms with Crippen LogP contribution in [0.4, 0.5) is 11.5 Å². The van der Waals surface area contributed by atoms with Crippen LogP contribution in [-0.2, 0) is 28.9 Å². The van der Waals surface area contributed by atoms with Gasteiger partial charge in [-0.1, -0.05) is 11.6 Å². The molecule has 9 heteroatoms. The Morgan fingerprint density at radius 3 is 3.09 bits per heavy atom. The first-order chi connectivity index (χ1) is 15.5. The third kappa shape index (κ3) is 3.87. The van der Waals surface area contributed by atoms with E-state index in [1.807, 2.05) is 25.4 Å². The van der Waals surface area contributed by atoms with Gasteiger partial charge >= 0.3 is 0 Å². The van der Waals surface area contributed by atoms with Crippen molar-refractivity contribution < 1.29 is 9.53 Å². The van der Waals surface area contributed by atoms with Gasteiger partial charge in [-0.2, -0.15) is 0 Å². The molecule has 1 N–H and O–H groups in total. The summed E-state index contributed by atoms with van der Waals surface area (Å²) < 4.78 is 5.11. The monoisotopic (exact) mass is 469 g/mol. The molecular weight excluding hydrogens is 446 g/mol. The van der Waals surface area contributed by atoms with Crippen LogP contribution in [0.5, 0.6) is 0 Å². The zero-order chi connectivity index (χ0) is 22.2. The predicted octanol–water partition coefficient (Wildman–Crippen LogP) is 4.23. The number of hydrogen-bond acceptors (Lipinski definition) is 7. The Bertz CT molecular complexity index is 1220. The van der Waals surface area contributed by atoms with E-state index in [0.717, 1.165) is 52.1 Å². The van der Waals surface area contributed by atoms with E-state index >= 15 is 0 Å². The fraction of sp³-hybridized carbons (Fsp3) is 0.391. The molecule has 3 heterocycles. The number of fused-ring (bicyclic) bond motifs is 4. The van der Waals surface area contributed by atoms with E-state index in [-0.39, 0.29) is 11.8 Å². The summed E-state index contributed by atoms with van der Waals surface area (Å²) in [6.45, 7) is 1.83. The maximum atomic E-state index is 12.9. The Balaban J connectivity index is 1.43. The molecule has 0 radical (unpaired) electrons. The molecule has 1 amide bonds. The Hall–Kier alpha value is -2.55. The molecule has 1 aliphatic carbocycles. The van der Waals surface area contributed by atoms with Crippen LogP contribution in [0.25, 0.3) is 10.2 Å². The lowest BCUT2D eigenvalue weighted by molar-refractivity contribution is -0.135. The molecular formula is C23H24ClN5O2S. The molecule has 0 fully saturated rings. The van der Waals surface area contributed by atoms with E-state index in [9.17, 15) is 4.79 Å². The van der Waals surface area contributed by atoms with Crippen LogP contribution in [-0.4, -0.2) is 54.3 Å². The quantitative estimate of drug-likeness (QED) is 0.584. The van der Waals surface area contributed by atoms with Crippen molar-refractivity contribution in [1.29, 1.82) is 0 Å². The van der Waals surface area contributed by atoms with E-state index in [4.69, 9.17) is 16.3 Å². The molecule has 32 heavy (non-hydrogen) atoms. The molecule has 2 aliphatic rings. The van der Waals surface area contributed by atoms with Crippen LogP contribution in [0.3, 0.4) is 0 Å². The number of anilines is 2. The smallest absolute Gasteiger partial charge is 0.225 e. The van der Waals surface area contributed by atoms with Gasteiger partial charge in [-0.05, 0) is 48.1 Å². The normalized spacial score (nSPS) is 16.8. The van der Waals surface area contributed by atoms with Gasteiger partial charge in [-0.15, -0.1) is 11.3 Å². The molecule has 5 rings (SSSR count). The van der Waals surface area contributed by atoms with Crippen LogP contribution in [0, 0.1) is 5.92 Å². The Morgan fingerprint density at radius 1 is 1.38 bits per heavy atom. The number of methoxy groups -OCH3 is 1. The highest BCUT2D eigenvalue weighted by atomic mass is 35.5. The maximum Gasteiger partial charge on any atom is 0.225 e. The minimum atomic E-state index is -0.00720. The van der Waals surface area contributed by atoms with Crippen molar-refractivity contribution >= 4 is 56.8 Å². The van der Waals surface area contributed by atoms with E-state index in [2.05, 4.69) is 20.3 Å². The number of likely N-dealkylation sites (N-methyl/N-ethyl adjacent to an activating group) is 1. The number of aromatic nitrogens is 2. The maximum absolute atomic E-state index is 12.9. The fourth-order valence-electron chi connectivity index (χ4n) is 4.42. The molecule has 0 saturated carbocycles. The number of nitrogens with one attached hydrogen (secondary N) is 1. The van der Waals surface area contributed by atoms with Crippen LogP contribution in [0.2, 0.25) is 5.02 Å². The molecule has 7 nitrogen and oxygen atoms in total. The largest absolute Gasteiger partial charge is 0.383 e. The zero-order valence-electron chi connectivity index (χ0n) is 18.0. The fourth-order valence-corrected chi connectivity index (χ4v) is 5.92. The third-order valence-electron chi connectivity index (χ3n) is 6.18. The summed E-state index contributed by atoms with van der Waals surface area (Å²) in [4.78, 5) is 30.2. The summed E-state index contributed by atoms with van der Waals surface area (Å²) in [5.41, 5.74) is 4.26. The number of aliphatic imine (C=N–C) groups is 1. The average molecular weight is 470 g/mol. The SMILES string of the molecule is COCCN(C)C(=O)[C@H]1CCc2c(sc3ncnc(Nc4cc5c(cc4Cl)CN=C5)c23)C1. The highest BCUT2D eigenvalue weighted by Crippen LogP contribution is 2.41. The summed E-state index contributed by atoms with van der Waals surface area (Å²) >= 11 is 8.19. The van der Waals surface area contributed by atoms with Crippen molar-refractivity contribution in [2.45, 2.75) is 25.8 Å². The van der Waals surface area contributed by atoms with Gasteiger partial charge < -0.3 is 15.0 Å². The van der Waals surface area contributed by atoms with Crippen molar-refractivity contribution in [2.24, 2.45) is 10.9 Å². The highest BCUT2D eigenvalue weighted by molar-refractivity contribution is 7.19. The molecule has 166 valence electrons. The van der Waals surface area contributed by atoms with E-state index < -0.39 is 0 Å². The third-order valence-corrected chi connectivity index (χ3v) is 7.65. The second-order valence-corrected chi connectivity index (χ2v) is 9.72.